The van der Waals surface area contributed by atoms with Gasteiger partial charge in [-0.2, -0.15) is 0 Å². The fourth-order valence-electron chi connectivity index (χ4n) is 1.12. The largest absolute Gasteiger partial charge is 0.145 e. The summed E-state index contributed by atoms with van der Waals surface area (Å²) in [5, 5.41) is 6.35. The van der Waals surface area contributed by atoms with Crippen LogP contribution in [0.25, 0.3) is 10.1 Å². The van der Waals surface area contributed by atoms with Crippen molar-refractivity contribution < 1.29 is 0 Å². The fourth-order valence-corrected chi connectivity index (χ4v) is 2.57. The molecular weight excluding hydrogens is 229 g/mol. The molecule has 0 saturated carbocycles. The van der Waals surface area contributed by atoms with Crippen molar-refractivity contribution in [1.29, 1.82) is 0 Å². The Morgan fingerprint density at radius 1 is 1.38 bits per heavy atom. The Morgan fingerprint density at radius 2 is 2.15 bits per heavy atom. The van der Waals surface area contributed by atoms with Crippen LogP contribution < -0.4 is 0 Å². The lowest BCUT2D eigenvalue weighted by Gasteiger charge is -1.98. The monoisotopic (exact) mass is 231 g/mol. The van der Waals surface area contributed by atoms with E-state index in [0.29, 0.717) is 10.0 Å². The zero-order valence-electron chi connectivity index (χ0n) is 6.25. The van der Waals surface area contributed by atoms with Crippen molar-refractivity contribution >= 4 is 50.3 Å². The van der Waals surface area contributed by atoms with E-state index in [1.165, 1.54) is 17.4 Å². The van der Waals surface area contributed by atoms with Crippen LogP contribution in [0.5, 0.6) is 0 Å². The van der Waals surface area contributed by atoms with Crippen molar-refractivity contribution in [2.75, 3.05) is 0 Å². The van der Waals surface area contributed by atoms with Gasteiger partial charge in [-0.25, -0.2) is 0 Å². The Balaban J connectivity index is 2.93. The summed E-state index contributed by atoms with van der Waals surface area (Å²) in [4.78, 5) is 10.4. The summed E-state index contributed by atoms with van der Waals surface area (Å²) < 4.78 is 0.888. The minimum absolute atomic E-state index is 0.192. The Morgan fingerprint density at radius 3 is 2.85 bits per heavy atom. The highest BCUT2D eigenvalue weighted by Crippen LogP contribution is 2.40. The van der Waals surface area contributed by atoms with Gasteiger partial charge in [0.25, 0.3) is 0 Å². The first-order chi connectivity index (χ1) is 6.24. The van der Waals surface area contributed by atoms with E-state index in [9.17, 15) is 4.91 Å². The summed E-state index contributed by atoms with van der Waals surface area (Å²) in [5.41, 5.74) is 0.192. The molecule has 0 spiro atoms. The van der Waals surface area contributed by atoms with Crippen LogP contribution in [0.1, 0.15) is 0 Å². The van der Waals surface area contributed by atoms with Gasteiger partial charge < -0.3 is 0 Å². The normalized spacial score (nSPS) is 10.6. The Hall–Kier alpha value is -0.640. The zero-order chi connectivity index (χ0) is 9.42. The molecule has 2 nitrogen and oxygen atoms in total. The van der Waals surface area contributed by atoms with Gasteiger partial charge >= 0.3 is 0 Å². The predicted octanol–water partition coefficient (Wildman–Crippen LogP) is 4.61. The molecule has 0 saturated heterocycles. The van der Waals surface area contributed by atoms with Gasteiger partial charge in [-0.05, 0) is 22.7 Å². The van der Waals surface area contributed by atoms with Crippen molar-refractivity contribution in [2.45, 2.75) is 0 Å². The molecule has 0 amide bonds. The number of thiophene rings is 1. The van der Waals surface area contributed by atoms with Crippen LogP contribution in [0, 0.1) is 4.91 Å². The minimum atomic E-state index is 0.192. The van der Waals surface area contributed by atoms with E-state index < -0.39 is 0 Å². The average molecular weight is 232 g/mol. The number of nitrogens with zero attached hydrogens (tertiary/aromatic N) is 1. The van der Waals surface area contributed by atoms with E-state index in [1.54, 1.807) is 0 Å². The molecular formula is C8H3Cl2NOS. The van der Waals surface area contributed by atoms with Crippen molar-refractivity contribution in [3.8, 4) is 0 Å². The van der Waals surface area contributed by atoms with Crippen LogP contribution in [0.3, 0.4) is 0 Å². The molecule has 0 atom stereocenters. The summed E-state index contributed by atoms with van der Waals surface area (Å²) in [6.07, 6.45) is 0. The van der Waals surface area contributed by atoms with Crippen molar-refractivity contribution in [3.05, 3.63) is 32.5 Å². The maximum Gasteiger partial charge on any atom is 0.128 e. The lowest BCUT2D eigenvalue weighted by atomic mass is 10.2. The molecule has 0 radical (unpaired) electrons. The number of fused-ring (bicyclic) bond motifs is 1. The smallest absolute Gasteiger partial charge is 0.128 e. The van der Waals surface area contributed by atoms with E-state index >= 15 is 0 Å². The highest BCUT2D eigenvalue weighted by atomic mass is 35.5. The van der Waals surface area contributed by atoms with Gasteiger partial charge in [0.05, 0.1) is 14.7 Å². The fraction of sp³-hybridized carbons (Fsp3) is 0. The van der Waals surface area contributed by atoms with E-state index in [0.717, 1.165) is 10.1 Å². The molecule has 0 N–H and O–H groups in total. The number of halogens is 2. The molecule has 2 rings (SSSR count). The van der Waals surface area contributed by atoms with Crippen LogP contribution in [0.2, 0.25) is 10.0 Å². The van der Waals surface area contributed by atoms with Gasteiger partial charge in [0.2, 0.25) is 0 Å². The molecule has 0 bridgehead atoms. The molecule has 0 aliphatic carbocycles. The first-order valence-electron chi connectivity index (χ1n) is 3.42. The van der Waals surface area contributed by atoms with Gasteiger partial charge in [-0.3, -0.25) is 0 Å². The van der Waals surface area contributed by atoms with Gasteiger partial charge in [0, 0.05) is 5.39 Å². The zero-order valence-corrected chi connectivity index (χ0v) is 8.58. The van der Waals surface area contributed by atoms with Crippen LogP contribution in [-0.4, -0.2) is 0 Å². The summed E-state index contributed by atoms with van der Waals surface area (Å²) in [6.45, 7) is 0. The van der Waals surface area contributed by atoms with E-state index in [1.807, 2.05) is 11.4 Å². The van der Waals surface area contributed by atoms with Crippen molar-refractivity contribution in [2.24, 2.45) is 5.18 Å². The van der Waals surface area contributed by atoms with E-state index in [2.05, 4.69) is 5.18 Å². The van der Waals surface area contributed by atoms with Gasteiger partial charge in [-0.1, -0.05) is 23.2 Å². The number of hydrogen-bond donors (Lipinski definition) is 0. The SMILES string of the molecule is O=Nc1cc(Cl)c2sccc2c1Cl. The molecule has 1 aromatic carbocycles. The van der Waals surface area contributed by atoms with Gasteiger partial charge in [-0.15, -0.1) is 16.2 Å². The molecule has 0 aliphatic heterocycles. The van der Waals surface area contributed by atoms with Gasteiger partial charge in [0.15, 0.2) is 0 Å². The summed E-state index contributed by atoms with van der Waals surface area (Å²) in [6, 6.07) is 3.30. The molecule has 0 aliphatic rings. The summed E-state index contributed by atoms with van der Waals surface area (Å²) in [7, 11) is 0. The second-order valence-electron chi connectivity index (χ2n) is 2.45. The van der Waals surface area contributed by atoms with Crippen LogP contribution in [-0.2, 0) is 0 Å². The van der Waals surface area contributed by atoms with Crippen LogP contribution >= 0.6 is 34.5 Å². The lowest BCUT2D eigenvalue weighted by Crippen LogP contribution is -1.71. The predicted molar refractivity (Wildman–Crippen MR) is 57.3 cm³/mol. The molecule has 2 aromatic rings. The molecule has 1 aromatic heterocycles. The second kappa shape index (κ2) is 3.25. The van der Waals surface area contributed by atoms with Crippen molar-refractivity contribution in [1.82, 2.24) is 0 Å². The third-order valence-electron chi connectivity index (χ3n) is 1.71. The number of benzene rings is 1. The highest BCUT2D eigenvalue weighted by molar-refractivity contribution is 7.18. The quantitative estimate of drug-likeness (QED) is 0.660. The topological polar surface area (TPSA) is 29.4 Å². The lowest BCUT2D eigenvalue weighted by molar-refractivity contribution is 1.53. The third kappa shape index (κ3) is 1.33. The molecule has 66 valence electrons. The highest BCUT2D eigenvalue weighted by Gasteiger charge is 2.10. The molecule has 5 heteroatoms. The Kier molecular flexibility index (Phi) is 2.24. The average Bonchev–Trinajstić information content (AvgIpc) is 2.60. The van der Waals surface area contributed by atoms with Gasteiger partial charge in [0.1, 0.15) is 5.69 Å². The second-order valence-corrected chi connectivity index (χ2v) is 4.15. The maximum absolute atomic E-state index is 10.4. The molecule has 13 heavy (non-hydrogen) atoms. The first kappa shape index (κ1) is 8.94. The van der Waals surface area contributed by atoms with Crippen LogP contribution in [0.15, 0.2) is 22.7 Å². The minimum Gasteiger partial charge on any atom is -0.145 e. The van der Waals surface area contributed by atoms with E-state index in [-0.39, 0.29) is 5.69 Å². The van der Waals surface area contributed by atoms with E-state index in [4.69, 9.17) is 23.2 Å². The van der Waals surface area contributed by atoms with Crippen molar-refractivity contribution in [3.63, 3.8) is 0 Å². The maximum atomic E-state index is 10.4. The Bertz CT molecular complexity index is 480. The van der Waals surface area contributed by atoms with Crippen LogP contribution in [0.4, 0.5) is 5.69 Å². The third-order valence-corrected chi connectivity index (χ3v) is 3.46. The molecule has 0 fully saturated rings. The Labute approximate surface area is 88.1 Å². The summed E-state index contributed by atoms with van der Waals surface area (Å²) >= 11 is 13.3. The number of nitroso groups, excluding NO2 is 1. The number of hydrogen-bond acceptors (Lipinski definition) is 3. The molecule has 0 unspecified atom stereocenters. The standard InChI is InChI=1S/C8H3Cl2NOS/c9-5-3-6(11-12)7(10)4-1-2-13-8(4)5/h1-3H. The first-order valence-corrected chi connectivity index (χ1v) is 5.06. The molecule has 1 heterocycles. The number of rotatable bonds is 1. The summed E-state index contributed by atoms with van der Waals surface area (Å²) in [5.74, 6) is 0.